The smallest absolute Gasteiger partial charge is 0.347 e. The van der Waals surface area contributed by atoms with Crippen LogP contribution in [0, 0.1) is 0 Å². The number of fused-ring (bicyclic) bond motifs is 1. The molecule has 132 valence electrons. The molecule has 0 radical (unpaired) electrons. The Bertz CT molecular complexity index is 966. The fourth-order valence-corrected chi connectivity index (χ4v) is 2.52. The van der Waals surface area contributed by atoms with E-state index >= 15 is 0 Å². The van der Waals surface area contributed by atoms with Crippen LogP contribution in [0.3, 0.4) is 0 Å². The van der Waals surface area contributed by atoms with Gasteiger partial charge in [0.1, 0.15) is 5.69 Å². The van der Waals surface area contributed by atoms with Crippen LogP contribution in [0.1, 0.15) is 11.4 Å². The van der Waals surface area contributed by atoms with Gasteiger partial charge in [0.25, 0.3) is 0 Å². The molecule has 7 heteroatoms. The summed E-state index contributed by atoms with van der Waals surface area (Å²) in [5.41, 5.74) is 0.590. The van der Waals surface area contributed by atoms with Crippen LogP contribution in [0.2, 0.25) is 0 Å². The van der Waals surface area contributed by atoms with E-state index < -0.39 is 11.9 Å². The number of nitrogens with zero attached hydrogens (tertiary/aromatic N) is 2. The number of pyridine rings is 2. The van der Waals surface area contributed by atoms with Crippen LogP contribution in [-0.4, -0.2) is 15.9 Å². The quantitative estimate of drug-likeness (QED) is 0.715. The zero-order valence-corrected chi connectivity index (χ0v) is 13.5. The van der Waals surface area contributed by atoms with E-state index in [0.29, 0.717) is 17.0 Å². The summed E-state index contributed by atoms with van der Waals surface area (Å²) < 4.78 is 38.2. The summed E-state index contributed by atoms with van der Waals surface area (Å²) in [6, 6.07) is 11.5. The third-order valence-electron chi connectivity index (χ3n) is 3.75. The fourth-order valence-electron chi connectivity index (χ4n) is 2.52. The molecule has 0 saturated heterocycles. The van der Waals surface area contributed by atoms with E-state index in [1.807, 2.05) is 30.3 Å². The Kier molecular flexibility index (Phi) is 4.71. The molecule has 0 aliphatic carbocycles. The number of aromatic nitrogens is 2. The number of nitrogens with one attached hydrogen (secondary N) is 1. The van der Waals surface area contributed by atoms with Crippen LogP contribution in [0.5, 0.6) is 0 Å². The molecule has 0 aliphatic rings. The third kappa shape index (κ3) is 3.72. The Balaban J connectivity index is 2.05. The van der Waals surface area contributed by atoms with E-state index in [1.165, 1.54) is 6.07 Å². The molecular formula is C19H14F3N3O. The van der Waals surface area contributed by atoms with Crippen LogP contribution in [0.25, 0.3) is 22.0 Å². The molecule has 1 aromatic carbocycles. The largest absolute Gasteiger partial charge is 0.433 e. The van der Waals surface area contributed by atoms with Crippen LogP contribution in [-0.2, 0) is 17.5 Å². The summed E-state index contributed by atoms with van der Waals surface area (Å²) in [5, 5.41) is 4.28. The van der Waals surface area contributed by atoms with Crippen molar-refractivity contribution in [3.05, 3.63) is 72.7 Å². The average Bonchev–Trinajstić information content (AvgIpc) is 2.64. The lowest BCUT2D eigenvalue weighted by Gasteiger charge is -2.11. The molecule has 0 bridgehead atoms. The first kappa shape index (κ1) is 17.6. The van der Waals surface area contributed by atoms with Gasteiger partial charge in [-0.1, -0.05) is 30.8 Å². The summed E-state index contributed by atoms with van der Waals surface area (Å²) in [6.45, 7) is 3.56. The molecule has 0 unspecified atom stereocenters. The lowest BCUT2D eigenvalue weighted by atomic mass is 10.0. The highest BCUT2D eigenvalue weighted by atomic mass is 19.4. The van der Waals surface area contributed by atoms with Gasteiger partial charge in [-0.2, -0.15) is 13.2 Å². The minimum Gasteiger partial charge on any atom is -0.347 e. The number of carbonyl (C=O) groups is 1. The van der Waals surface area contributed by atoms with E-state index in [0.717, 1.165) is 29.1 Å². The maximum Gasteiger partial charge on any atom is 0.433 e. The number of alkyl halides is 3. The third-order valence-corrected chi connectivity index (χ3v) is 3.75. The van der Waals surface area contributed by atoms with Crippen LogP contribution in [0.15, 0.2) is 61.3 Å². The number of carbonyl (C=O) groups excluding carboxylic acids is 1. The standard InChI is InChI=1S/C19H14F3N3O/c1-2-17(26)24-11-14-9-12-5-3-4-6-15(12)18(25-14)13-7-8-16(23-10-13)19(20,21)22/h2-10H,1,11H2,(H,24,26). The van der Waals surface area contributed by atoms with E-state index in [9.17, 15) is 18.0 Å². The molecule has 1 N–H and O–H groups in total. The Morgan fingerprint density at radius 3 is 2.62 bits per heavy atom. The van der Waals surface area contributed by atoms with Crippen molar-refractivity contribution in [2.24, 2.45) is 0 Å². The predicted octanol–water partition coefficient (Wildman–Crippen LogP) is 4.12. The van der Waals surface area contributed by atoms with E-state index in [1.54, 1.807) is 0 Å². The highest BCUT2D eigenvalue weighted by molar-refractivity contribution is 5.94. The topological polar surface area (TPSA) is 54.9 Å². The van der Waals surface area contributed by atoms with Gasteiger partial charge >= 0.3 is 6.18 Å². The number of amides is 1. The van der Waals surface area contributed by atoms with Crippen molar-refractivity contribution in [3.63, 3.8) is 0 Å². The second-order valence-corrected chi connectivity index (χ2v) is 5.54. The molecule has 2 aromatic heterocycles. The van der Waals surface area contributed by atoms with E-state index in [4.69, 9.17) is 0 Å². The highest BCUT2D eigenvalue weighted by Gasteiger charge is 2.32. The van der Waals surface area contributed by atoms with Crippen molar-refractivity contribution in [1.82, 2.24) is 15.3 Å². The Hall–Kier alpha value is -3.22. The summed E-state index contributed by atoms with van der Waals surface area (Å²) in [5.74, 6) is -0.335. The second-order valence-electron chi connectivity index (χ2n) is 5.54. The Morgan fingerprint density at radius 2 is 1.96 bits per heavy atom. The predicted molar refractivity (Wildman–Crippen MR) is 92.0 cm³/mol. The molecule has 4 nitrogen and oxygen atoms in total. The normalized spacial score (nSPS) is 11.3. The Labute approximate surface area is 147 Å². The molecule has 1 amide bonds. The van der Waals surface area contributed by atoms with Gasteiger partial charge < -0.3 is 5.32 Å². The minimum atomic E-state index is -4.50. The number of benzene rings is 1. The molecule has 0 fully saturated rings. The van der Waals surface area contributed by atoms with Gasteiger partial charge in [0.2, 0.25) is 5.91 Å². The summed E-state index contributed by atoms with van der Waals surface area (Å²) in [4.78, 5) is 19.4. The molecule has 0 saturated carbocycles. The van der Waals surface area contributed by atoms with Crippen molar-refractivity contribution < 1.29 is 18.0 Å². The molecule has 3 rings (SSSR count). The molecule has 26 heavy (non-hydrogen) atoms. The van der Waals surface area contributed by atoms with Crippen LogP contribution < -0.4 is 5.32 Å². The first-order valence-electron chi connectivity index (χ1n) is 7.71. The number of hydrogen-bond donors (Lipinski definition) is 1. The molecule has 3 aromatic rings. The molecule has 0 spiro atoms. The summed E-state index contributed by atoms with van der Waals surface area (Å²) in [7, 11) is 0. The van der Waals surface area contributed by atoms with Crippen molar-refractivity contribution in [2.75, 3.05) is 0 Å². The minimum absolute atomic E-state index is 0.177. The zero-order chi connectivity index (χ0) is 18.7. The van der Waals surface area contributed by atoms with Crippen molar-refractivity contribution in [3.8, 4) is 11.3 Å². The van der Waals surface area contributed by atoms with Gasteiger partial charge in [0.05, 0.1) is 17.9 Å². The first-order chi connectivity index (χ1) is 12.4. The van der Waals surface area contributed by atoms with E-state index in [2.05, 4.69) is 21.9 Å². The SMILES string of the molecule is C=CC(=O)NCc1cc2ccccc2c(-c2ccc(C(F)(F)F)nc2)n1. The van der Waals surface area contributed by atoms with Crippen molar-refractivity contribution in [1.29, 1.82) is 0 Å². The van der Waals surface area contributed by atoms with Gasteiger partial charge in [0.15, 0.2) is 0 Å². The Morgan fingerprint density at radius 1 is 1.19 bits per heavy atom. The number of rotatable bonds is 4. The first-order valence-corrected chi connectivity index (χ1v) is 7.71. The molecule has 2 heterocycles. The zero-order valence-electron chi connectivity index (χ0n) is 13.5. The van der Waals surface area contributed by atoms with Crippen LogP contribution in [0.4, 0.5) is 13.2 Å². The molecule has 0 aliphatic heterocycles. The highest BCUT2D eigenvalue weighted by Crippen LogP contribution is 2.31. The fraction of sp³-hybridized carbons (Fsp3) is 0.105. The average molecular weight is 357 g/mol. The monoisotopic (exact) mass is 357 g/mol. The molecule has 0 atom stereocenters. The maximum atomic E-state index is 12.7. The summed E-state index contributed by atoms with van der Waals surface area (Å²) >= 11 is 0. The van der Waals surface area contributed by atoms with Gasteiger partial charge in [-0.05, 0) is 29.7 Å². The van der Waals surface area contributed by atoms with Gasteiger partial charge in [0, 0.05) is 17.1 Å². The lowest BCUT2D eigenvalue weighted by molar-refractivity contribution is -0.141. The van der Waals surface area contributed by atoms with Crippen molar-refractivity contribution in [2.45, 2.75) is 12.7 Å². The van der Waals surface area contributed by atoms with Gasteiger partial charge in [-0.15, -0.1) is 0 Å². The maximum absolute atomic E-state index is 12.7. The second kappa shape index (κ2) is 6.95. The molecular weight excluding hydrogens is 343 g/mol. The van der Waals surface area contributed by atoms with Gasteiger partial charge in [-0.25, -0.2) is 0 Å². The summed E-state index contributed by atoms with van der Waals surface area (Å²) in [6.07, 6.45) is -2.18. The lowest BCUT2D eigenvalue weighted by Crippen LogP contribution is -2.20. The number of halogens is 3. The number of hydrogen-bond acceptors (Lipinski definition) is 3. The van der Waals surface area contributed by atoms with Crippen molar-refractivity contribution >= 4 is 16.7 Å². The van der Waals surface area contributed by atoms with E-state index in [-0.39, 0.29) is 12.5 Å². The van der Waals surface area contributed by atoms with Crippen LogP contribution >= 0.6 is 0 Å². The van der Waals surface area contributed by atoms with Gasteiger partial charge in [-0.3, -0.25) is 14.8 Å².